The van der Waals surface area contributed by atoms with Gasteiger partial charge in [0.05, 0.1) is 12.6 Å². The van der Waals surface area contributed by atoms with Crippen LogP contribution in [0.15, 0.2) is 24.3 Å². The van der Waals surface area contributed by atoms with Crippen LogP contribution < -0.4 is 10.6 Å². The van der Waals surface area contributed by atoms with Gasteiger partial charge in [-0.15, -0.1) is 0 Å². The molecule has 1 unspecified atom stereocenters. The molecule has 0 saturated carbocycles. The SMILES string of the molecule is CC(C)(C)CC(O)CNCC(=O)Nc1ccc(Cl)cc1. The van der Waals surface area contributed by atoms with E-state index in [4.69, 9.17) is 11.6 Å². The van der Waals surface area contributed by atoms with Crippen LogP contribution in [0.2, 0.25) is 5.02 Å². The number of aliphatic hydroxyl groups is 1. The molecule has 0 heterocycles. The second-order valence-electron chi connectivity index (χ2n) is 6.10. The summed E-state index contributed by atoms with van der Waals surface area (Å²) in [6, 6.07) is 6.93. The molecule has 0 aliphatic carbocycles. The topological polar surface area (TPSA) is 61.4 Å². The van der Waals surface area contributed by atoms with E-state index in [1.54, 1.807) is 24.3 Å². The molecule has 0 aliphatic heterocycles. The van der Waals surface area contributed by atoms with E-state index in [1.165, 1.54) is 0 Å². The maximum absolute atomic E-state index is 11.7. The number of anilines is 1. The summed E-state index contributed by atoms with van der Waals surface area (Å²) < 4.78 is 0. The summed E-state index contributed by atoms with van der Waals surface area (Å²) in [7, 11) is 0. The van der Waals surface area contributed by atoms with Gasteiger partial charge in [-0.25, -0.2) is 0 Å². The average Bonchev–Trinajstić information content (AvgIpc) is 2.29. The number of halogens is 1. The standard InChI is InChI=1S/C15H23ClN2O2/c1-15(2,3)8-13(19)9-17-10-14(20)18-12-6-4-11(16)5-7-12/h4-7,13,17,19H,8-10H2,1-3H3,(H,18,20). The number of nitrogens with one attached hydrogen (secondary N) is 2. The van der Waals surface area contributed by atoms with Crippen molar-refractivity contribution in [2.24, 2.45) is 5.41 Å². The van der Waals surface area contributed by atoms with E-state index in [9.17, 15) is 9.90 Å². The maximum Gasteiger partial charge on any atom is 0.238 e. The van der Waals surface area contributed by atoms with E-state index >= 15 is 0 Å². The van der Waals surface area contributed by atoms with Crippen molar-refractivity contribution in [3.63, 3.8) is 0 Å². The van der Waals surface area contributed by atoms with Crippen LogP contribution in [0.5, 0.6) is 0 Å². The van der Waals surface area contributed by atoms with Crippen LogP contribution >= 0.6 is 11.6 Å². The first-order chi connectivity index (χ1) is 9.26. The molecule has 3 N–H and O–H groups in total. The van der Waals surface area contributed by atoms with Crippen LogP contribution in [0.3, 0.4) is 0 Å². The minimum atomic E-state index is -0.446. The molecular weight excluding hydrogens is 276 g/mol. The monoisotopic (exact) mass is 298 g/mol. The fraction of sp³-hybridized carbons (Fsp3) is 0.533. The molecule has 1 amide bonds. The van der Waals surface area contributed by atoms with Gasteiger partial charge < -0.3 is 15.7 Å². The first-order valence-electron chi connectivity index (χ1n) is 6.70. The van der Waals surface area contributed by atoms with Crippen molar-refractivity contribution in [2.75, 3.05) is 18.4 Å². The number of rotatable bonds is 6. The molecule has 1 aromatic carbocycles. The predicted octanol–water partition coefficient (Wildman–Crippen LogP) is 2.67. The second-order valence-corrected chi connectivity index (χ2v) is 6.54. The van der Waals surface area contributed by atoms with Crippen molar-refractivity contribution in [1.29, 1.82) is 0 Å². The largest absolute Gasteiger partial charge is 0.392 e. The number of carbonyl (C=O) groups excluding carboxylic acids is 1. The lowest BCUT2D eigenvalue weighted by Crippen LogP contribution is -2.35. The van der Waals surface area contributed by atoms with Gasteiger partial charge in [-0.1, -0.05) is 32.4 Å². The number of carbonyl (C=O) groups is 1. The van der Waals surface area contributed by atoms with Crippen LogP contribution in [-0.2, 0) is 4.79 Å². The van der Waals surface area contributed by atoms with E-state index in [0.717, 1.165) is 0 Å². The Morgan fingerprint density at radius 1 is 1.30 bits per heavy atom. The molecule has 20 heavy (non-hydrogen) atoms. The minimum absolute atomic E-state index is 0.0761. The summed E-state index contributed by atoms with van der Waals surface area (Å²) in [5, 5.41) is 16.1. The van der Waals surface area contributed by atoms with Crippen LogP contribution in [0, 0.1) is 5.41 Å². The lowest BCUT2D eigenvalue weighted by atomic mass is 9.89. The first-order valence-corrected chi connectivity index (χ1v) is 7.08. The highest BCUT2D eigenvalue weighted by atomic mass is 35.5. The third-order valence-electron chi connectivity index (χ3n) is 2.64. The van der Waals surface area contributed by atoms with Gasteiger partial charge in [-0.3, -0.25) is 4.79 Å². The minimum Gasteiger partial charge on any atom is -0.392 e. The molecule has 0 saturated heterocycles. The Morgan fingerprint density at radius 3 is 2.45 bits per heavy atom. The third-order valence-corrected chi connectivity index (χ3v) is 2.89. The molecule has 0 spiro atoms. The summed E-state index contributed by atoms with van der Waals surface area (Å²) in [5.41, 5.74) is 0.781. The van der Waals surface area contributed by atoms with Gasteiger partial charge in [0.25, 0.3) is 0 Å². The molecular formula is C15H23ClN2O2. The smallest absolute Gasteiger partial charge is 0.238 e. The molecule has 112 valence electrons. The highest BCUT2D eigenvalue weighted by Gasteiger charge is 2.16. The van der Waals surface area contributed by atoms with Crippen molar-refractivity contribution in [3.8, 4) is 0 Å². The molecule has 0 bridgehead atoms. The molecule has 0 aromatic heterocycles. The molecule has 4 nitrogen and oxygen atoms in total. The van der Waals surface area contributed by atoms with Gasteiger partial charge in [0, 0.05) is 17.3 Å². The lowest BCUT2D eigenvalue weighted by molar-refractivity contribution is -0.115. The molecule has 0 radical (unpaired) electrons. The third kappa shape index (κ3) is 7.48. The fourth-order valence-corrected chi connectivity index (χ4v) is 2.00. The zero-order chi connectivity index (χ0) is 15.2. The Bertz CT molecular complexity index is 426. The van der Waals surface area contributed by atoms with Gasteiger partial charge in [-0.05, 0) is 36.1 Å². The molecule has 1 aromatic rings. The van der Waals surface area contributed by atoms with Crippen LogP contribution in [-0.4, -0.2) is 30.2 Å². The Kier molecular flexibility index (Phi) is 6.46. The van der Waals surface area contributed by atoms with Crippen molar-refractivity contribution in [3.05, 3.63) is 29.3 Å². The van der Waals surface area contributed by atoms with Crippen molar-refractivity contribution in [1.82, 2.24) is 5.32 Å². The second kappa shape index (κ2) is 7.62. The van der Waals surface area contributed by atoms with E-state index in [-0.39, 0.29) is 17.9 Å². The zero-order valence-corrected chi connectivity index (χ0v) is 13.0. The summed E-state index contributed by atoms with van der Waals surface area (Å²) >= 11 is 5.77. The van der Waals surface area contributed by atoms with Crippen molar-refractivity contribution >= 4 is 23.2 Å². The number of amides is 1. The summed E-state index contributed by atoms with van der Waals surface area (Å²) in [5.74, 6) is -0.143. The molecule has 0 aliphatic rings. The van der Waals surface area contributed by atoms with Crippen LogP contribution in [0.4, 0.5) is 5.69 Å². The summed E-state index contributed by atoms with van der Waals surface area (Å²) in [4.78, 5) is 11.7. The Hall–Kier alpha value is -1.10. The highest BCUT2D eigenvalue weighted by molar-refractivity contribution is 6.30. The average molecular weight is 299 g/mol. The lowest BCUT2D eigenvalue weighted by Gasteiger charge is -2.22. The summed E-state index contributed by atoms with van der Waals surface area (Å²) in [6.07, 6.45) is 0.247. The van der Waals surface area contributed by atoms with Crippen molar-refractivity contribution < 1.29 is 9.90 Å². The summed E-state index contributed by atoms with van der Waals surface area (Å²) in [6.45, 7) is 6.80. The van der Waals surface area contributed by atoms with Gasteiger partial charge in [0.2, 0.25) is 5.91 Å². The van der Waals surface area contributed by atoms with E-state index < -0.39 is 6.10 Å². The number of hydrogen-bond donors (Lipinski definition) is 3. The Balaban J connectivity index is 2.25. The Morgan fingerprint density at radius 2 is 1.90 bits per heavy atom. The van der Waals surface area contributed by atoms with E-state index in [0.29, 0.717) is 23.7 Å². The highest BCUT2D eigenvalue weighted by Crippen LogP contribution is 2.20. The van der Waals surface area contributed by atoms with Gasteiger partial charge in [0.1, 0.15) is 0 Å². The molecule has 1 atom stereocenters. The van der Waals surface area contributed by atoms with E-state index in [1.807, 2.05) is 0 Å². The quantitative estimate of drug-likeness (QED) is 0.757. The normalized spacial score (nSPS) is 13.1. The number of aliphatic hydroxyl groups excluding tert-OH is 1. The van der Waals surface area contributed by atoms with Crippen LogP contribution in [0.1, 0.15) is 27.2 Å². The van der Waals surface area contributed by atoms with E-state index in [2.05, 4.69) is 31.4 Å². The van der Waals surface area contributed by atoms with Gasteiger partial charge >= 0.3 is 0 Å². The van der Waals surface area contributed by atoms with Gasteiger partial charge in [0.15, 0.2) is 0 Å². The maximum atomic E-state index is 11.7. The zero-order valence-electron chi connectivity index (χ0n) is 12.2. The predicted molar refractivity (Wildman–Crippen MR) is 83.0 cm³/mol. The first kappa shape index (κ1) is 17.0. The van der Waals surface area contributed by atoms with Crippen molar-refractivity contribution in [2.45, 2.75) is 33.3 Å². The Labute approximate surface area is 125 Å². The fourth-order valence-electron chi connectivity index (χ4n) is 1.87. The molecule has 5 heteroatoms. The van der Waals surface area contributed by atoms with Crippen LogP contribution in [0.25, 0.3) is 0 Å². The number of hydrogen-bond acceptors (Lipinski definition) is 3. The molecule has 1 rings (SSSR count). The molecule has 0 fully saturated rings. The number of benzene rings is 1. The van der Waals surface area contributed by atoms with Gasteiger partial charge in [-0.2, -0.15) is 0 Å².